The van der Waals surface area contributed by atoms with Crippen LogP contribution in [-0.2, 0) is 4.79 Å². The van der Waals surface area contributed by atoms with E-state index >= 15 is 0 Å². The van der Waals surface area contributed by atoms with E-state index in [9.17, 15) is 23.7 Å². The molecule has 1 aliphatic rings. The number of nitrogens with zero attached hydrogens (tertiary/aromatic N) is 2. The van der Waals surface area contributed by atoms with Crippen molar-refractivity contribution in [1.29, 1.82) is 0 Å². The van der Waals surface area contributed by atoms with E-state index in [0.29, 0.717) is 11.1 Å². The van der Waals surface area contributed by atoms with Gasteiger partial charge in [-0.3, -0.25) is 19.9 Å². The Kier molecular flexibility index (Phi) is 3.76. The number of allylic oxidation sites excluding steroid dienone is 2. The summed E-state index contributed by atoms with van der Waals surface area (Å²) in [6, 6.07) is 0. The molecule has 1 rings (SSSR count). The number of carbonyl (C=O) groups excluding carboxylic acids is 1. The van der Waals surface area contributed by atoms with Gasteiger partial charge in [0, 0.05) is 0 Å². The first-order chi connectivity index (χ1) is 8.52. The van der Waals surface area contributed by atoms with Crippen LogP contribution < -0.4 is 5.84 Å². The minimum Gasteiger partial charge on any atom is -0.274 e. The Labute approximate surface area is 108 Å². The predicted molar refractivity (Wildman–Crippen MR) is 63.4 cm³/mol. The molecule has 2 atom stereocenters. The average Bonchev–Trinajstić information content (AvgIpc) is 2.29. The van der Waals surface area contributed by atoms with Gasteiger partial charge in [0.1, 0.15) is 0 Å². The molecule has 0 radical (unpaired) electrons. The Morgan fingerprint density at radius 1 is 1.58 bits per heavy atom. The van der Waals surface area contributed by atoms with Gasteiger partial charge in [0.15, 0.2) is 5.92 Å². The summed E-state index contributed by atoms with van der Waals surface area (Å²) in [5.41, 5.74) is -0.875. The molecule has 0 saturated heterocycles. The molecule has 19 heavy (non-hydrogen) atoms. The van der Waals surface area contributed by atoms with E-state index in [-0.39, 0.29) is 0 Å². The molecule has 0 heterocycles. The number of nitro groups is 1. The zero-order chi connectivity index (χ0) is 15.0. The van der Waals surface area contributed by atoms with Gasteiger partial charge < -0.3 is 0 Å². The number of hydrogen-bond acceptors (Lipinski definition) is 4. The Balaban J connectivity index is 3.19. The van der Waals surface area contributed by atoms with Crippen LogP contribution in [0.2, 0.25) is 0 Å². The van der Waals surface area contributed by atoms with Gasteiger partial charge in [-0.15, -0.1) is 0 Å². The molecule has 8 heteroatoms. The van der Waals surface area contributed by atoms with Crippen molar-refractivity contribution in [2.45, 2.75) is 32.1 Å². The molecule has 0 aromatic rings. The number of carbonyl (C=O) groups is 1. The fourth-order valence-corrected chi connectivity index (χ4v) is 1.57. The molecule has 1 aliphatic carbocycles. The summed E-state index contributed by atoms with van der Waals surface area (Å²) < 4.78 is 27.7. The van der Waals surface area contributed by atoms with Crippen molar-refractivity contribution in [2.24, 2.45) is 11.8 Å². The van der Waals surface area contributed by atoms with Crippen molar-refractivity contribution < 1.29 is 18.5 Å². The zero-order valence-corrected chi connectivity index (χ0v) is 10.8. The van der Waals surface area contributed by atoms with E-state index < -0.39 is 33.9 Å². The fourth-order valence-electron chi connectivity index (χ4n) is 1.57. The molecule has 0 aromatic heterocycles. The highest BCUT2D eigenvalue weighted by molar-refractivity contribution is 5.82. The summed E-state index contributed by atoms with van der Waals surface area (Å²) >= 11 is 0. The van der Waals surface area contributed by atoms with Crippen LogP contribution in [0.25, 0.3) is 0 Å². The average molecular weight is 275 g/mol. The second-order valence-electron chi connectivity index (χ2n) is 5.19. The summed E-state index contributed by atoms with van der Waals surface area (Å²) in [7, 11) is 0. The Morgan fingerprint density at radius 3 is 2.53 bits per heavy atom. The van der Waals surface area contributed by atoms with Crippen LogP contribution in [0.5, 0.6) is 0 Å². The molecular weight excluding hydrogens is 260 g/mol. The zero-order valence-electron chi connectivity index (χ0n) is 10.8. The van der Waals surface area contributed by atoms with Crippen LogP contribution >= 0.6 is 0 Å². The molecule has 0 fully saturated rings. The van der Waals surface area contributed by atoms with Crippen molar-refractivity contribution >= 4 is 5.91 Å². The molecule has 0 spiro atoms. The highest BCUT2D eigenvalue weighted by Gasteiger charge is 2.60. The topological polar surface area (TPSA) is 89.5 Å². The molecule has 2 unspecified atom stereocenters. The Bertz CT molecular complexity index is 470. The second-order valence-corrected chi connectivity index (χ2v) is 5.19. The molecular formula is C11H15F2N3O3. The van der Waals surface area contributed by atoms with Crippen LogP contribution in [0.4, 0.5) is 8.78 Å². The monoisotopic (exact) mass is 275 g/mol. The normalized spacial score (nSPS) is 26.8. The fraction of sp³-hybridized carbons (Fsp3) is 0.545. The maximum atomic E-state index is 14.3. The van der Waals surface area contributed by atoms with Crippen molar-refractivity contribution in [3.05, 3.63) is 34.2 Å². The van der Waals surface area contributed by atoms with Crippen LogP contribution in [0, 0.1) is 16.0 Å². The molecule has 6 nitrogen and oxygen atoms in total. The highest BCUT2D eigenvalue weighted by Crippen LogP contribution is 2.37. The van der Waals surface area contributed by atoms with Gasteiger partial charge in [-0.05, 0) is 26.8 Å². The first kappa shape index (κ1) is 15.2. The number of hydrogen-bond donors (Lipinski definition) is 1. The van der Waals surface area contributed by atoms with Gasteiger partial charge >= 0.3 is 5.79 Å². The summed E-state index contributed by atoms with van der Waals surface area (Å²) in [4.78, 5) is 21.3. The van der Waals surface area contributed by atoms with Crippen LogP contribution in [0.15, 0.2) is 24.1 Å². The van der Waals surface area contributed by atoms with E-state index in [2.05, 4.69) is 0 Å². The van der Waals surface area contributed by atoms with Gasteiger partial charge in [0.25, 0.3) is 5.91 Å². The smallest absolute Gasteiger partial charge is 0.274 e. The molecule has 0 bridgehead atoms. The number of halogens is 2. The largest absolute Gasteiger partial charge is 0.425 e. The van der Waals surface area contributed by atoms with E-state index in [4.69, 9.17) is 5.84 Å². The number of alkyl halides is 1. The van der Waals surface area contributed by atoms with Gasteiger partial charge in [-0.1, -0.05) is 12.2 Å². The summed E-state index contributed by atoms with van der Waals surface area (Å²) in [5, 5.41) is 11.4. The highest BCUT2D eigenvalue weighted by atomic mass is 19.2. The lowest BCUT2D eigenvalue weighted by molar-refractivity contribution is -0.602. The van der Waals surface area contributed by atoms with Crippen molar-refractivity contribution in [2.75, 3.05) is 0 Å². The van der Waals surface area contributed by atoms with E-state index in [1.54, 1.807) is 20.8 Å². The molecule has 2 N–H and O–H groups in total. The third-order valence-electron chi connectivity index (χ3n) is 2.79. The van der Waals surface area contributed by atoms with Crippen LogP contribution in [0.1, 0.15) is 20.8 Å². The Hall–Kier alpha value is -1.83. The minimum atomic E-state index is -3.62. The summed E-state index contributed by atoms with van der Waals surface area (Å²) in [5.74, 6) is -2.73. The number of rotatable bonds is 2. The number of hydrazine groups is 1. The maximum Gasteiger partial charge on any atom is 0.425 e. The first-order valence-electron chi connectivity index (χ1n) is 5.49. The van der Waals surface area contributed by atoms with Gasteiger partial charge in [-0.25, -0.2) is 10.2 Å². The van der Waals surface area contributed by atoms with Crippen molar-refractivity contribution in [3.63, 3.8) is 0 Å². The van der Waals surface area contributed by atoms with Gasteiger partial charge in [-0.2, -0.15) is 4.39 Å². The molecule has 0 saturated carbocycles. The number of amides is 1. The van der Waals surface area contributed by atoms with Gasteiger partial charge in [0.05, 0.1) is 10.5 Å². The summed E-state index contributed by atoms with van der Waals surface area (Å²) in [6.45, 7) is 4.70. The lowest BCUT2D eigenvalue weighted by Gasteiger charge is -2.35. The quantitative estimate of drug-likeness (QED) is 0.272. The lowest BCUT2D eigenvalue weighted by atomic mass is 9.90. The second kappa shape index (κ2) is 4.69. The molecule has 1 amide bonds. The van der Waals surface area contributed by atoms with E-state index in [1.807, 2.05) is 0 Å². The minimum absolute atomic E-state index is 0.616. The molecule has 0 aromatic carbocycles. The first-order valence-corrected chi connectivity index (χ1v) is 5.49. The number of nitrogens with two attached hydrogens (primary N) is 1. The van der Waals surface area contributed by atoms with Crippen molar-refractivity contribution in [3.8, 4) is 0 Å². The van der Waals surface area contributed by atoms with Crippen LogP contribution in [0.3, 0.4) is 0 Å². The standard InChI is InChI=1S/C11H15F2N3O3/c1-10(2,3)15(14)9(17)7-5-4-6-8(12)11(7,13)16(18)19/h4-7H,14H2,1-3H3. The maximum absolute atomic E-state index is 14.3. The lowest BCUT2D eigenvalue weighted by Crippen LogP contribution is -2.58. The van der Waals surface area contributed by atoms with E-state index in [0.717, 1.165) is 12.2 Å². The predicted octanol–water partition coefficient (Wildman–Crippen LogP) is 1.47. The van der Waals surface area contributed by atoms with Gasteiger partial charge in [0.2, 0.25) is 5.83 Å². The third kappa shape index (κ3) is 2.48. The SMILES string of the molecule is CC(C)(C)N(N)C(=O)C1C=CC=C(F)C1(F)[N+](=O)[O-]. The molecule has 106 valence electrons. The molecule has 0 aliphatic heterocycles. The Morgan fingerprint density at radius 2 is 2.11 bits per heavy atom. The van der Waals surface area contributed by atoms with E-state index in [1.165, 1.54) is 0 Å². The van der Waals surface area contributed by atoms with Crippen LogP contribution in [-0.4, -0.2) is 27.2 Å². The third-order valence-corrected chi connectivity index (χ3v) is 2.79. The summed E-state index contributed by atoms with van der Waals surface area (Å²) in [6.07, 6.45) is 2.60. The van der Waals surface area contributed by atoms with Crippen molar-refractivity contribution in [1.82, 2.24) is 5.01 Å².